The third-order valence-corrected chi connectivity index (χ3v) is 7.25. The Morgan fingerprint density at radius 2 is 1.66 bits per heavy atom. The highest BCUT2D eigenvalue weighted by molar-refractivity contribution is 7.92. The van der Waals surface area contributed by atoms with E-state index in [1.165, 1.54) is 48.3 Å². The quantitative estimate of drug-likeness (QED) is 0.423. The molecule has 1 N–H and O–H groups in total. The van der Waals surface area contributed by atoms with Gasteiger partial charge < -0.3 is 19.7 Å². The van der Waals surface area contributed by atoms with Crippen LogP contribution in [0.1, 0.15) is 11.1 Å². The first-order valence-corrected chi connectivity index (χ1v) is 13.7. The van der Waals surface area contributed by atoms with E-state index in [0.29, 0.717) is 17.1 Å². The first-order chi connectivity index (χ1) is 18.2. The lowest BCUT2D eigenvalue weighted by Gasteiger charge is -2.33. The Morgan fingerprint density at radius 3 is 2.32 bits per heavy atom. The molecule has 0 fully saturated rings. The topological polar surface area (TPSA) is 105 Å². The average Bonchev–Trinajstić information content (AvgIpc) is 3.37. The molecule has 1 heterocycles. The smallest absolute Gasteiger partial charge is 0.244 e. The highest BCUT2D eigenvalue weighted by Crippen LogP contribution is 2.36. The average molecular weight is 542 g/mol. The Hall–Kier alpha value is -4.12. The molecule has 0 saturated heterocycles. The number of benzene rings is 3. The molecule has 2 amide bonds. The van der Waals surface area contributed by atoms with Crippen molar-refractivity contribution >= 4 is 27.5 Å². The van der Waals surface area contributed by atoms with E-state index in [9.17, 15) is 22.4 Å². The molecule has 200 valence electrons. The van der Waals surface area contributed by atoms with E-state index in [2.05, 4.69) is 5.32 Å². The van der Waals surface area contributed by atoms with Crippen molar-refractivity contribution < 1.29 is 31.9 Å². The maximum absolute atomic E-state index is 13.8. The lowest BCUT2D eigenvalue weighted by molar-refractivity contribution is -0.139. The van der Waals surface area contributed by atoms with E-state index < -0.39 is 40.2 Å². The highest BCUT2D eigenvalue weighted by atomic mass is 32.2. The Morgan fingerprint density at radius 1 is 0.974 bits per heavy atom. The number of anilines is 1. The van der Waals surface area contributed by atoms with Gasteiger partial charge in [0, 0.05) is 26.1 Å². The fraction of sp³-hybridized carbons (Fsp3) is 0.259. The number of nitrogens with zero attached hydrogens (tertiary/aromatic N) is 2. The number of fused-ring (bicyclic) bond motifs is 1. The number of hydrogen-bond acceptors (Lipinski definition) is 6. The summed E-state index contributed by atoms with van der Waals surface area (Å²) in [6.45, 7) is -0.597. The van der Waals surface area contributed by atoms with Crippen LogP contribution in [0.25, 0.3) is 0 Å². The molecule has 0 spiro atoms. The van der Waals surface area contributed by atoms with E-state index in [1.807, 2.05) is 30.3 Å². The van der Waals surface area contributed by atoms with Crippen LogP contribution >= 0.6 is 0 Å². The van der Waals surface area contributed by atoms with Crippen molar-refractivity contribution in [2.24, 2.45) is 0 Å². The van der Waals surface area contributed by atoms with Gasteiger partial charge in [-0.1, -0.05) is 42.5 Å². The Bertz CT molecular complexity index is 1400. The van der Waals surface area contributed by atoms with Gasteiger partial charge in [-0.3, -0.25) is 13.9 Å². The molecule has 1 atom stereocenters. The lowest BCUT2D eigenvalue weighted by atomic mass is 10.0. The number of carbonyl (C=O) groups excluding carboxylic acids is 2. The summed E-state index contributed by atoms with van der Waals surface area (Å²) in [7, 11) is -2.44. The zero-order chi connectivity index (χ0) is 27.3. The van der Waals surface area contributed by atoms with E-state index in [0.717, 1.165) is 16.1 Å². The summed E-state index contributed by atoms with van der Waals surface area (Å²) >= 11 is 0. The first kappa shape index (κ1) is 26.9. The molecule has 11 heteroatoms. The molecule has 9 nitrogen and oxygen atoms in total. The summed E-state index contributed by atoms with van der Waals surface area (Å²) in [5.74, 6) is -0.641. The van der Waals surface area contributed by atoms with Crippen LogP contribution in [-0.4, -0.2) is 57.8 Å². The van der Waals surface area contributed by atoms with Gasteiger partial charge in [0.05, 0.1) is 11.9 Å². The summed E-state index contributed by atoms with van der Waals surface area (Å²) in [5.41, 5.74) is 1.61. The van der Waals surface area contributed by atoms with Crippen molar-refractivity contribution in [3.63, 3.8) is 0 Å². The fourth-order valence-electron chi connectivity index (χ4n) is 4.16. The van der Waals surface area contributed by atoms with Gasteiger partial charge in [-0.25, -0.2) is 12.8 Å². The van der Waals surface area contributed by atoms with Crippen molar-refractivity contribution in [2.75, 3.05) is 30.9 Å². The highest BCUT2D eigenvalue weighted by Gasteiger charge is 2.33. The molecule has 0 bridgehead atoms. The van der Waals surface area contributed by atoms with Gasteiger partial charge in [0.15, 0.2) is 11.5 Å². The molecule has 0 radical (unpaired) electrons. The minimum absolute atomic E-state index is 0.00926. The maximum Gasteiger partial charge on any atom is 0.244 e. The van der Waals surface area contributed by atoms with Crippen molar-refractivity contribution in [1.82, 2.24) is 10.2 Å². The monoisotopic (exact) mass is 541 g/mol. The molecule has 1 aliphatic rings. The van der Waals surface area contributed by atoms with E-state index in [1.54, 1.807) is 6.07 Å². The number of nitrogens with one attached hydrogen (secondary N) is 1. The van der Waals surface area contributed by atoms with Crippen LogP contribution in [-0.2, 0) is 32.6 Å². The zero-order valence-corrected chi connectivity index (χ0v) is 21.8. The number of halogens is 1. The summed E-state index contributed by atoms with van der Waals surface area (Å²) in [4.78, 5) is 28.2. The largest absolute Gasteiger partial charge is 0.454 e. The summed E-state index contributed by atoms with van der Waals surface area (Å²) in [5, 5.41) is 2.60. The van der Waals surface area contributed by atoms with Crippen molar-refractivity contribution in [3.8, 4) is 11.5 Å². The number of likely N-dealkylation sites (N-methyl/N-ethyl adjacent to an activating group) is 1. The van der Waals surface area contributed by atoms with Crippen LogP contribution in [0.4, 0.5) is 10.1 Å². The van der Waals surface area contributed by atoms with E-state index in [-0.39, 0.29) is 25.4 Å². The molecule has 0 unspecified atom stereocenters. The van der Waals surface area contributed by atoms with E-state index >= 15 is 0 Å². The number of carbonyl (C=O) groups is 2. The molecule has 1 aliphatic heterocycles. The summed E-state index contributed by atoms with van der Waals surface area (Å²) in [6, 6.07) is 18.4. The molecule has 0 aromatic heterocycles. The molecule has 3 aromatic rings. The van der Waals surface area contributed by atoms with Crippen LogP contribution in [0.3, 0.4) is 0 Å². The number of rotatable bonds is 10. The second kappa shape index (κ2) is 11.5. The van der Waals surface area contributed by atoms with Gasteiger partial charge in [0.1, 0.15) is 18.4 Å². The standard InChI is InChI=1S/C27H28FN3O6S/c1-29-27(33)23(14-19-6-4-3-5-7-19)30(16-20-8-10-21(28)11-9-20)26(32)17-31(38(2,34)35)22-12-13-24-25(15-22)37-18-36-24/h3-13,15,23H,14,16-18H2,1-2H3,(H,29,33)/t23-/m1/s1. The molecule has 0 aliphatic carbocycles. The molecule has 38 heavy (non-hydrogen) atoms. The third kappa shape index (κ3) is 6.41. The Balaban J connectivity index is 1.70. The maximum atomic E-state index is 13.8. The Labute approximate surface area is 220 Å². The fourth-order valence-corrected chi connectivity index (χ4v) is 5.00. The van der Waals surface area contributed by atoms with Crippen molar-refractivity contribution in [3.05, 3.63) is 89.7 Å². The van der Waals surface area contributed by atoms with Crippen LogP contribution in [0.2, 0.25) is 0 Å². The molecular formula is C27H28FN3O6S. The van der Waals surface area contributed by atoms with Gasteiger partial charge in [-0.15, -0.1) is 0 Å². The zero-order valence-electron chi connectivity index (χ0n) is 21.0. The minimum Gasteiger partial charge on any atom is -0.454 e. The molecule has 4 rings (SSSR count). The van der Waals surface area contributed by atoms with Crippen molar-refractivity contribution in [2.45, 2.75) is 19.0 Å². The number of ether oxygens (including phenoxy) is 2. The second-order valence-electron chi connectivity index (χ2n) is 8.78. The van der Waals surface area contributed by atoms with Crippen LogP contribution in [0.5, 0.6) is 11.5 Å². The van der Waals surface area contributed by atoms with Gasteiger partial charge in [0.2, 0.25) is 28.6 Å². The molecule has 0 saturated carbocycles. The van der Waals surface area contributed by atoms with E-state index in [4.69, 9.17) is 9.47 Å². The number of amides is 2. The summed E-state index contributed by atoms with van der Waals surface area (Å²) < 4.78 is 50.8. The van der Waals surface area contributed by atoms with Crippen LogP contribution in [0, 0.1) is 5.82 Å². The lowest BCUT2D eigenvalue weighted by Crippen LogP contribution is -2.52. The van der Waals surface area contributed by atoms with Crippen LogP contribution in [0.15, 0.2) is 72.8 Å². The second-order valence-corrected chi connectivity index (χ2v) is 10.7. The van der Waals surface area contributed by atoms with Crippen molar-refractivity contribution in [1.29, 1.82) is 0 Å². The van der Waals surface area contributed by atoms with Crippen LogP contribution < -0.4 is 19.1 Å². The first-order valence-electron chi connectivity index (χ1n) is 11.8. The molecular weight excluding hydrogens is 513 g/mol. The Kier molecular flexibility index (Phi) is 8.16. The van der Waals surface area contributed by atoms with Gasteiger partial charge >= 0.3 is 0 Å². The number of hydrogen-bond donors (Lipinski definition) is 1. The van der Waals surface area contributed by atoms with Gasteiger partial charge in [-0.2, -0.15) is 0 Å². The third-order valence-electron chi connectivity index (χ3n) is 6.11. The van der Waals surface area contributed by atoms with Gasteiger partial charge in [0.25, 0.3) is 0 Å². The van der Waals surface area contributed by atoms with Gasteiger partial charge in [-0.05, 0) is 35.4 Å². The predicted octanol–water partition coefficient (Wildman–Crippen LogP) is 2.71. The SMILES string of the molecule is CNC(=O)[C@@H](Cc1ccccc1)N(Cc1ccc(F)cc1)C(=O)CN(c1ccc2c(c1)OCO2)S(C)(=O)=O. The minimum atomic E-state index is -3.91. The number of sulfonamides is 1. The normalized spacial score (nSPS) is 13.0. The summed E-state index contributed by atoms with van der Waals surface area (Å²) in [6.07, 6.45) is 1.19. The molecule has 3 aromatic carbocycles. The predicted molar refractivity (Wildman–Crippen MR) is 140 cm³/mol.